The van der Waals surface area contributed by atoms with Crippen LogP contribution in [0.1, 0.15) is 0 Å². The van der Waals surface area contributed by atoms with E-state index in [0.717, 1.165) is 0 Å². The Morgan fingerprint density at radius 2 is 1.18 bits per heavy atom. The van der Waals surface area contributed by atoms with Crippen molar-refractivity contribution in [1.29, 1.82) is 0 Å². The Bertz CT molecular complexity index is 500. The first kappa shape index (κ1) is 14.2. The van der Waals surface area contributed by atoms with Crippen molar-refractivity contribution in [2.75, 3.05) is 0 Å². The second kappa shape index (κ2) is 5.20. The minimum Gasteiger partial charge on any atom is -0.768 e. The Morgan fingerprint density at radius 3 is 1.41 bits per heavy atom. The molecule has 0 saturated heterocycles. The van der Waals surface area contributed by atoms with Gasteiger partial charge in [-0.2, -0.15) is 0 Å². The van der Waals surface area contributed by atoms with E-state index >= 15 is 0 Å². The van der Waals surface area contributed by atoms with Crippen LogP contribution in [0.15, 0.2) is 20.8 Å². The van der Waals surface area contributed by atoms with Gasteiger partial charge in [0.25, 0.3) is 0 Å². The Balaban J connectivity index is 3.76. The minimum atomic E-state index is -3.20. The van der Waals surface area contributed by atoms with Gasteiger partial charge in [0.2, 0.25) is 0 Å². The third kappa shape index (κ3) is 2.70. The zero-order valence-electron chi connectivity index (χ0n) is 7.65. The lowest BCUT2D eigenvalue weighted by Gasteiger charge is -2.18. The van der Waals surface area contributed by atoms with Gasteiger partial charge in [0, 0.05) is 0 Å². The van der Waals surface area contributed by atoms with E-state index in [9.17, 15) is 36.5 Å². The molecule has 0 aliphatic rings. The molecule has 0 aliphatic carbocycles. The summed E-state index contributed by atoms with van der Waals surface area (Å²) >= 11 is -9.32. The number of phenolic OH excluding ortho intramolecular Hbond substituents is 2. The highest BCUT2D eigenvalue weighted by atomic mass is 32.2. The van der Waals surface area contributed by atoms with Crippen molar-refractivity contribution < 1.29 is 36.5 Å². The highest BCUT2D eigenvalue weighted by molar-refractivity contribution is 7.81. The highest BCUT2D eigenvalue weighted by Gasteiger charge is 2.19. The van der Waals surface area contributed by atoms with Gasteiger partial charge in [0.15, 0.2) is 0 Å². The predicted octanol–water partition coefficient (Wildman–Crippen LogP) is -1.19. The van der Waals surface area contributed by atoms with Gasteiger partial charge in [-0.15, -0.1) is 0 Å². The van der Waals surface area contributed by atoms with Gasteiger partial charge in [-0.25, -0.2) is 0 Å². The summed E-state index contributed by atoms with van der Waals surface area (Å²) in [5.41, 5.74) is 0. The smallest absolute Gasteiger partial charge is 0.149 e. The molecule has 11 heteroatoms. The number of hydrogen-bond acceptors (Lipinski definition) is 8. The highest BCUT2D eigenvalue weighted by Crippen LogP contribution is 2.38. The molecular formula is C6H3O8S3-3. The van der Waals surface area contributed by atoms with Crippen LogP contribution in [0, 0.1) is 0 Å². The molecule has 8 nitrogen and oxygen atoms in total. The Morgan fingerprint density at radius 1 is 0.824 bits per heavy atom. The molecule has 0 heterocycles. The van der Waals surface area contributed by atoms with Gasteiger partial charge < -0.3 is 23.9 Å². The molecule has 1 aromatic carbocycles. The number of benzene rings is 1. The fraction of sp³-hybridized carbons (Fsp3) is 0. The molecule has 1 aromatic rings. The van der Waals surface area contributed by atoms with Crippen molar-refractivity contribution >= 4 is 33.2 Å². The molecule has 3 atom stereocenters. The molecule has 0 radical (unpaired) electrons. The normalized spacial score (nSPS) is 16.4. The lowest BCUT2D eigenvalue weighted by Crippen LogP contribution is -2.01. The van der Waals surface area contributed by atoms with Crippen LogP contribution in [-0.2, 0) is 33.2 Å². The summed E-state index contributed by atoms with van der Waals surface area (Å²) in [4.78, 5) is -3.08. The Labute approximate surface area is 102 Å². The van der Waals surface area contributed by atoms with E-state index in [4.69, 9.17) is 0 Å². The quantitative estimate of drug-likeness (QED) is 0.658. The first-order chi connectivity index (χ1) is 7.77. The van der Waals surface area contributed by atoms with E-state index in [1.807, 2.05) is 0 Å². The average Bonchev–Trinajstić information content (AvgIpc) is 2.15. The van der Waals surface area contributed by atoms with Crippen molar-refractivity contribution in [2.24, 2.45) is 0 Å². The van der Waals surface area contributed by atoms with E-state index in [-0.39, 0.29) is 0 Å². The second-order valence-electron chi connectivity index (χ2n) is 2.60. The number of rotatable bonds is 3. The SMILES string of the molecule is O=S([O-])c1cc(S(=O)[O-])c(O)c(S(=O)[O-])c1O. The monoisotopic (exact) mass is 299 g/mol. The summed E-state index contributed by atoms with van der Waals surface area (Å²) in [6.45, 7) is 0. The zero-order chi connectivity index (χ0) is 13.3. The summed E-state index contributed by atoms with van der Waals surface area (Å²) < 4.78 is 63.9. The summed E-state index contributed by atoms with van der Waals surface area (Å²) in [6.07, 6.45) is 0. The van der Waals surface area contributed by atoms with Crippen molar-refractivity contribution in [2.45, 2.75) is 14.7 Å². The first-order valence-electron chi connectivity index (χ1n) is 3.64. The molecule has 0 bridgehead atoms. The van der Waals surface area contributed by atoms with E-state index in [1.54, 1.807) is 0 Å². The van der Waals surface area contributed by atoms with Crippen LogP contribution in [0.3, 0.4) is 0 Å². The van der Waals surface area contributed by atoms with Crippen molar-refractivity contribution in [3.8, 4) is 11.5 Å². The largest absolute Gasteiger partial charge is 0.768 e. The van der Waals surface area contributed by atoms with Crippen LogP contribution in [-0.4, -0.2) is 36.5 Å². The summed E-state index contributed by atoms with van der Waals surface area (Å²) in [5.74, 6) is -2.48. The molecule has 0 fully saturated rings. The summed E-state index contributed by atoms with van der Waals surface area (Å²) in [7, 11) is 0. The average molecular weight is 299 g/mol. The molecule has 0 aliphatic heterocycles. The van der Waals surface area contributed by atoms with E-state index in [1.165, 1.54) is 0 Å². The molecular weight excluding hydrogens is 296 g/mol. The standard InChI is InChI=1S/C6H6O8S3/c7-4-2(15(9)10)1-3(16(11)12)5(8)6(4)17(13)14/h1,7-8H,(H,9,10)(H,11,12)(H,13,14)/p-3. The van der Waals surface area contributed by atoms with Gasteiger partial charge >= 0.3 is 0 Å². The second-order valence-corrected chi connectivity index (χ2v) is 5.30. The molecule has 0 saturated carbocycles. The van der Waals surface area contributed by atoms with Crippen LogP contribution in [0.4, 0.5) is 0 Å². The van der Waals surface area contributed by atoms with E-state index in [0.29, 0.717) is 6.07 Å². The fourth-order valence-corrected chi connectivity index (χ4v) is 2.69. The molecule has 0 spiro atoms. The summed E-state index contributed by atoms with van der Waals surface area (Å²) in [5, 5.41) is 18.5. The Hall–Kier alpha value is -0.850. The van der Waals surface area contributed by atoms with Crippen LogP contribution < -0.4 is 0 Å². The number of phenols is 2. The van der Waals surface area contributed by atoms with Crippen molar-refractivity contribution in [3.63, 3.8) is 0 Å². The zero-order valence-corrected chi connectivity index (χ0v) is 10.1. The lowest BCUT2D eigenvalue weighted by molar-refractivity contribution is 0.397. The predicted molar refractivity (Wildman–Crippen MR) is 51.3 cm³/mol. The van der Waals surface area contributed by atoms with Crippen LogP contribution in [0.2, 0.25) is 0 Å². The maximum Gasteiger partial charge on any atom is 0.149 e. The summed E-state index contributed by atoms with van der Waals surface area (Å²) in [6, 6.07) is 0.438. The van der Waals surface area contributed by atoms with Gasteiger partial charge in [-0.05, 0) is 39.3 Å². The van der Waals surface area contributed by atoms with Gasteiger partial charge in [0.05, 0.1) is 9.79 Å². The molecule has 3 unspecified atom stereocenters. The van der Waals surface area contributed by atoms with Crippen LogP contribution in [0.25, 0.3) is 0 Å². The first-order valence-corrected chi connectivity index (χ1v) is 6.86. The third-order valence-corrected chi connectivity index (χ3v) is 3.75. The van der Waals surface area contributed by atoms with Gasteiger partial charge in [-0.1, -0.05) is 0 Å². The molecule has 0 aromatic heterocycles. The van der Waals surface area contributed by atoms with Crippen molar-refractivity contribution in [3.05, 3.63) is 6.07 Å². The topological polar surface area (TPSA) is 161 Å². The van der Waals surface area contributed by atoms with E-state index in [2.05, 4.69) is 0 Å². The van der Waals surface area contributed by atoms with E-state index < -0.39 is 59.4 Å². The molecule has 17 heavy (non-hydrogen) atoms. The number of aromatic hydroxyl groups is 2. The number of hydrogen-bond donors (Lipinski definition) is 2. The Kier molecular flexibility index (Phi) is 4.35. The molecule has 96 valence electrons. The fourth-order valence-electron chi connectivity index (χ4n) is 1.00. The minimum absolute atomic E-state index is 0.438. The van der Waals surface area contributed by atoms with Gasteiger partial charge in [-0.3, -0.25) is 12.6 Å². The molecule has 2 N–H and O–H groups in total. The third-order valence-electron chi connectivity index (χ3n) is 1.68. The van der Waals surface area contributed by atoms with Crippen molar-refractivity contribution in [1.82, 2.24) is 0 Å². The maximum absolute atomic E-state index is 10.7. The molecule has 0 amide bonds. The van der Waals surface area contributed by atoms with Gasteiger partial charge in [0.1, 0.15) is 16.4 Å². The lowest BCUT2D eigenvalue weighted by atomic mass is 10.3. The maximum atomic E-state index is 10.7. The van der Waals surface area contributed by atoms with Crippen LogP contribution in [0.5, 0.6) is 11.5 Å². The van der Waals surface area contributed by atoms with Crippen LogP contribution >= 0.6 is 0 Å². The molecule has 1 rings (SSSR count).